The minimum Gasteiger partial charge on any atom is -0.676 e. The van der Waals surface area contributed by atoms with Crippen molar-refractivity contribution in [2.24, 2.45) is 0 Å². The van der Waals surface area contributed by atoms with Crippen LogP contribution in [0.15, 0.2) is 18.2 Å². The van der Waals surface area contributed by atoms with Gasteiger partial charge in [-0.05, 0) is 25.0 Å². The summed E-state index contributed by atoms with van der Waals surface area (Å²) in [7, 11) is 0. The van der Waals surface area contributed by atoms with Crippen LogP contribution in [0.2, 0.25) is 0 Å². The molecule has 1 aliphatic carbocycles. The number of halogens is 2. The Morgan fingerprint density at radius 1 is 1.41 bits per heavy atom. The van der Waals surface area contributed by atoms with Crippen LogP contribution in [0.3, 0.4) is 0 Å². The van der Waals surface area contributed by atoms with E-state index in [-0.39, 0.29) is 36.5 Å². The quantitative estimate of drug-likeness (QED) is 0.712. The first-order chi connectivity index (χ1) is 13.0. The molecule has 1 heterocycles. The van der Waals surface area contributed by atoms with Gasteiger partial charge in [0.25, 0.3) is 5.91 Å². The van der Waals surface area contributed by atoms with Gasteiger partial charge in [-0.15, -0.1) is 6.54 Å². The van der Waals surface area contributed by atoms with Crippen LogP contribution in [0.25, 0.3) is 5.73 Å². The lowest BCUT2D eigenvalue weighted by Gasteiger charge is -2.27. The van der Waals surface area contributed by atoms with E-state index in [9.17, 15) is 18.4 Å². The van der Waals surface area contributed by atoms with Gasteiger partial charge in [-0.1, -0.05) is 0 Å². The maximum Gasteiger partial charge on any atom is 0.387 e. The minimum atomic E-state index is -3.09. The molecule has 0 unspecified atom stereocenters. The number of hydrogen-bond donors (Lipinski definition) is 2. The Morgan fingerprint density at radius 2 is 2.19 bits per heavy atom. The van der Waals surface area contributed by atoms with Gasteiger partial charge in [0.05, 0.1) is 18.3 Å². The molecule has 1 aromatic rings. The second kappa shape index (κ2) is 8.59. The van der Waals surface area contributed by atoms with Crippen molar-refractivity contribution in [2.75, 3.05) is 36.5 Å². The van der Waals surface area contributed by atoms with Crippen LogP contribution in [0.4, 0.5) is 20.2 Å². The highest BCUT2D eigenvalue weighted by Gasteiger charge is 2.27. The Hall–Kier alpha value is -2.30. The number of carbonyl (C=O) groups is 2. The summed E-state index contributed by atoms with van der Waals surface area (Å²) in [6.07, 6.45) is 1.90. The molecule has 2 amide bonds. The molecule has 0 radical (unpaired) electrons. The third kappa shape index (κ3) is 5.12. The zero-order chi connectivity index (χ0) is 19.4. The van der Waals surface area contributed by atoms with Gasteiger partial charge >= 0.3 is 6.61 Å². The van der Waals surface area contributed by atoms with Crippen molar-refractivity contribution in [1.29, 1.82) is 0 Å². The Balaban J connectivity index is 1.78. The average Bonchev–Trinajstić information content (AvgIpc) is 3.45. The van der Waals surface area contributed by atoms with Gasteiger partial charge in [-0.25, -0.2) is 0 Å². The summed E-state index contributed by atoms with van der Waals surface area (Å²) >= 11 is 0. The zero-order valence-corrected chi connectivity index (χ0v) is 14.5. The number of nitrogens with one attached hydrogen (secondary N) is 3. The molecule has 2 aliphatic rings. The molecule has 0 bridgehead atoms. The van der Waals surface area contributed by atoms with Gasteiger partial charge in [-0.3, -0.25) is 9.59 Å². The number of morpholine rings is 1. The standard InChI is InChI=1S/C17H21F2N4O4/c18-17(19)27-14-7-11(23-5-6-26-9-15(23)24)3-4-12(14)22-16(25)13(8-20)21-10-1-2-10/h3-4,7,10,13,17,20-21H,1-2,5-6,8-9H2,(H,22,25)/q-1/t13-/m0/s1. The number of carbonyl (C=O) groups excluding carboxylic acids is 2. The van der Waals surface area contributed by atoms with Crippen molar-refractivity contribution in [3.05, 3.63) is 23.9 Å². The predicted molar refractivity (Wildman–Crippen MR) is 94.0 cm³/mol. The average molecular weight is 383 g/mol. The molecule has 1 saturated carbocycles. The molecule has 0 aromatic heterocycles. The van der Waals surface area contributed by atoms with Gasteiger partial charge < -0.3 is 30.7 Å². The van der Waals surface area contributed by atoms with E-state index in [2.05, 4.69) is 15.4 Å². The van der Waals surface area contributed by atoms with Crippen molar-refractivity contribution in [1.82, 2.24) is 5.32 Å². The van der Waals surface area contributed by atoms with Crippen LogP contribution in [-0.4, -0.2) is 56.8 Å². The number of hydrogen-bond acceptors (Lipinski definition) is 5. The largest absolute Gasteiger partial charge is 0.676 e. The second-order valence-electron chi connectivity index (χ2n) is 6.34. The van der Waals surface area contributed by atoms with Crippen LogP contribution in [0, 0.1) is 0 Å². The van der Waals surface area contributed by atoms with E-state index in [4.69, 9.17) is 10.5 Å². The fourth-order valence-corrected chi connectivity index (χ4v) is 2.75. The van der Waals surface area contributed by atoms with Gasteiger partial charge in [0, 0.05) is 24.3 Å². The van der Waals surface area contributed by atoms with E-state index >= 15 is 0 Å². The molecule has 3 N–H and O–H groups in total. The molecule has 148 valence electrons. The van der Waals surface area contributed by atoms with Crippen LogP contribution in [0.5, 0.6) is 5.75 Å². The fraction of sp³-hybridized carbons (Fsp3) is 0.529. The van der Waals surface area contributed by atoms with Crippen LogP contribution < -0.4 is 20.3 Å². The number of rotatable bonds is 8. The van der Waals surface area contributed by atoms with E-state index in [1.165, 1.54) is 17.0 Å². The third-order valence-corrected chi connectivity index (χ3v) is 4.27. The lowest BCUT2D eigenvalue weighted by molar-refractivity contribution is -0.125. The first kappa shape index (κ1) is 19.5. The Morgan fingerprint density at radius 3 is 2.81 bits per heavy atom. The molecular weight excluding hydrogens is 362 g/mol. The summed E-state index contributed by atoms with van der Waals surface area (Å²) in [5, 5.41) is 5.57. The maximum absolute atomic E-state index is 12.8. The fourth-order valence-electron chi connectivity index (χ4n) is 2.75. The first-order valence-electron chi connectivity index (χ1n) is 8.66. The Bertz CT molecular complexity index is 700. The molecule has 3 rings (SSSR count). The molecule has 0 spiro atoms. The van der Waals surface area contributed by atoms with Crippen molar-refractivity contribution in [3.63, 3.8) is 0 Å². The molecule has 1 aliphatic heterocycles. The third-order valence-electron chi connectivity index (χ3n) is 4.27. The van der Waals surface area contributed by atoms with Crippen molar-refractivity contribution in [2.45, 2.75) is 31.5 Å². The summed E-state index contributed by atoms with van der Waals surface area (Å²) in [5.41, 5.74) is 7.94. The maximum atomic E-state index is 12.8. The van der Waals surface area contributed by atoms with Gasteiger partial charge in [0.15, 0.2) is 5.75 Å². The van der Waals surface area contributed by atoms with E-state index in [1.54, 1.807) is 6.07 Å². The number of nitrogens with zero attached hydrogens (tertiary/aromatic N) is 1. The summed E-state index contributed by atoms with van der Waals surface area (Å²) in [6.45, 7) is -2.71. The molecule has 10 heteroatoms. The summed E-state index contributed by atoms with van der Waals surface area (Å²) < 4.78 is 35.2. The molecule has 1 saturated heterocycles. The van der Waals surface area contributed by atoms with Crippen molar-refractivity contribution >= 4 is 23.2 Å². The van der Waals surface area contributed by atoms with Crippen molar-refractivity contribution < 1.29 is 27.8 Å². The lowest BCUT2D eigenvalue weighted by Crippen LogP contribution is -2.43. The van der Waals surface area contributed by atoms with Crippen LogP contribution in [0.1, 0.15) is 12.8 Å². The highest BCUT2D eigenvalue weighted by atomic mass is 19.3. The zero-order valence-electron chi connectivity index (χ0n) is 14.5. The normalized spacial score (nSPS) is 18.5. The molecule has 1 atom stereocenters. The van der Waals surface area contributed by atoms with Gasteiger partial charge in [0.1, 0.15) is 6.61 Å². The van der Waals surface area contributed by atoms with Crippen LogP contribution in [-0.2, 0) is 14.3 Å². The van der Waals surface area contributed by atoms with E-state index < -0.39 is 18.6 Å². The van der Waals surface area contributed by atoms with Gasteiger partial charge in [-0.2, -0.15) is 8.78 Å². The second-order valence-corrected chi connectivity index (χ2v) is 6.34. The predicted octanol–water partition coefficient (Wildman–Crippen LogP) is 1.76. The van der Waals surface area contributed by atoms with E-state index in [1.807, 2.05) is 0 Å². The molecule has 27 heavy (non-hydrogen) atoms. The SMILES string of the molecule is [NH-]C[C@H](NC1CC1)C(=O)Nc1ccc(N2CCOCC2=O)cc1OC(F)F. The summed E-state index contributed by atoms with van der Waals surface area (Å²) in [6, 6.07) is 3.72. The summed E-state index contributed by atoms with van der Waals surface area (Å²) in [5.74, 6) is -1.03. The molecular formula is C17H21F2N4O4-. The number of ether oxygens (including phenoxy) is 2. The Kier molecular flexibility index (Phi) is 6.19. The van der Waals surface area contributed by atoms with E-state index in [0.717, 1.165) is 12.8 Å². The molecule has 2 fully saturated rings. The number of alkyl halides is 2. The number of anilines is 2. The number of benzene rings is 1. The highest BCUT2D eigenvalue weighted by Crippen LogP contribution is 2.32. The lowest BCUT2D eigenvalue weighted by atomic mass is 10.2. The monoisotopic (exact) mass is 383 g/mol. The van der Waals surface area contributed by atoms with Crippen LogP contribution >= 0.6 is 0 Å². The topological polar surface area (TPSA) is 104 Å². The smallest absolute Gasteiger partial charge is 0.387 e. The first-order valence-corrected chi connectivity index (χ1v) is 8.66. The van der Waals surface area contributed by atoms with E-state index in [0.29, 0.717) is 18.8 Å². The number of amides is 2. The summed E-state index contributed by atoms with van der Waals surface area (Å²) in [4.78, 5) is 25.7. The highest BCUT2D eigenvalue weighted by molar-refractivity contribution is 5.98. The van der Waals surface area contributed by atoms with Gasteiger partial charge in [0.2, 0.25) is 5.91 Å². The molecule has 1 aromatic carbocycles. The Labute approximate surface area is 155 Å². The minimum absolute atomic E-state index is 0.0563. The molecule has 8 nitrogen and oxygen atoms in total. The van der Waals surface area contributed by atoms with Crippen molar-refractivity contribution in [3.8, 4) is 5.75 Å².